The minimum Gasteiger partial charge on any atom is -0.493 e. The van der Waals surface area contributed by atoms with Gasteiger partial charge < -0.3 is 10.1 Å². The molecular weight excluding hydrogens is 348 g/mol. The number of para-hydroxylation sites is 1. The molecule has 0 saturated carbocycles. The number of carbonyl (C=O) groups excluding carboxylic acids is 1. The van der Waals surface area contributed by atoms with Crippen LogP contribution in [-0.4, -0.2) is 21.0 Å². The topological polar surface area (TPSA) is 90.7 Å². The van der Waals surface area contributed by atoms with Crippen molar-refractivity contribution in [1.82, 2.24) is 9.97 Å². The second kappa shape index (κ2) is 6.53. The van der Waals surface area contributed by atoms with Gasteiger partial charge >= 0.3 is 5.91 Å². The summed E-state index contributed by atoms with van der Waals surface area (Å²) >= 11 is 1.39. The molecule has 0 aliphatic rings. The highest BCUT2D eigenvalue weighted by Gasteiger charge is 2.14. The maximum atomic E-state index is 12.3. The molecule has 2 aromatic heterocycles. The van der Waals surface area contributed by atoms with Crippen molar-refractivity contribution in [3.05, 3.63) is 65.2 Å². The van der Waals surface area contributed by atoms with E-state index in [9.17, 15) is 9.90 Å². The van der Waals surface area contributed by atoms with Crippen LogP contribution in [0.2, 0.25) is 0 Å². The maximum Gasteiger partial charge on any atom is 0.314 e. The second-order valence-electron chi connectivity index (χ2n) is 5.73. The number of carbonyl (C=O) groups is 1. The fourth-order valence-electron chi connectivity index (χ4n) is 2.67. The Hall–Kier alpha value is -3.32. The first kappa shape index (κ1) is 16.2. The smallest absolute Gasteiger partial charge is 0.314 e. The number of aromatic nitrogens is 2. The lowest BCUT2D eigenvalue weighted by Gasteiger charge is -1.99. The number of aromatic hydroxyl groups is 1. The van der Waals surface area contributed by atoms with Crippen molar-refractivity contribution < 1.29 is 9.90 Å². The Morgan fingerprint density at radius 1 is 1.15 bits per heavy atom. The maximum absolute atomic E-state index is 12.3. The molecule has 0 aliphatic carbocycles. The number of fused-ring (bicyclic) bond motifs is 1. The third-order valence-corrected chi connectivity index (χ3v) is 4.87. The van der Waals surface area contributed by atoms with E-state index < -0.39 is 5.91 Å². The molecule has 0 atom stereocenters. The highest BCUT2D eigenvalue weighted by Crippen LogP contribution is 2.35. The second-order valence-corrected chi connectivity index (χ2v) is 6.58. The molecule has 0 aliphatic heterocycles. The zero-order valence-corrected chi connectivity index (χ0v) is 14.6. The van der Waals surface area contributed by atoms with Gasteiger partial charge in [0.2, 0.25) is 5.88 Å². The number of aryl methyl sites for hydroxylation is 1. The number of hydrogen-bond acceptors (Lipinski definition) is 5. The molecular formula is C19H14N4O2S. The Kier molecular flexibility index (Phi) is 4.06. The minimum absolute atomic E-state index is 0.123. The molecule has 0 spiro atoms. The Balaban J connectivity index is 1.62. The van der Waals surface area contributed by atoms with Crippen LogP contribution in [0.1, 0.15) is 16.1 Å². The molecule has 4 rings (SSSR count). The van der Waals surface area contributed by atoms with Gasteiger partial charge in [0.1, 0.15) is 10.7 Å². The number of amides is 1. The standard InChI is InChI=1S/C19H14N4O2S/c1-11-6-2-3-7-12(11)19-21-15(10-26-19)17(24)23-22-16-13-8-4-5-9-14(13)20-18(16)25/h2-10,20,25H,1H3. The lowest BCUT2D eigenvalue weighted by atomic mass is 10.1. The first-order chi connectivity index (χ1) is 12.6. The van der Waals surface area contributed by atoms with E-state index in [1.807, 2.05) is 49.4 Å². The summed E-state index contributed by atoms with van der Waals surface area (Å²) in [7, 11) is 0. The predicted molar refractivity (Wildman–Crippen MR) is 101 cm³/mol. The van der Waals surface area contributed by atoms with Crippen LogP contribution in [-0.2, 0) is 0 Å². The molecule has 6 nitrogen and oxygen atoms in total. The zero-order chi connectivity index (χ0) is 18.1. The van der Waals surface area contributed by atoms with Crippen molar-refractivity contribution in [3.8, 4) is 16.5 Å². The van der Waals surface area contributed by atoms with Crippen LogP contribution in [0.5, 0.6) is 5.88 Å². The molecule has 0 saturated heterocycles. The Labute approximate surface area is 152 Å². The number of H-pyrrole nitrogens is 1. The molecule has 1 amide bonds. The summed E-state index contributed by atoms with van der Waals surface area (Å²) in [6.07, 6.45) is 0. The van der Waals surface area contributed by atoms with Crippen molar-refractivity contribution in [2.45, 2.75) is 6.92 Å². The van der Waals surface area contributed by atoms with E-state index >= 15 is 0 Å². The van der Waals surface area contributed by atoms with Gasteiger partial charge in [0, 0.05) is 16.3 Å². The summed E-state index contributed by atoms with van der Waals surface area (Å²) in [6, 6.07) is 15.1. The lowest BCUT2D eigenvalue weighted by Crippen LogP contribution is -1.94. The summed E-state index contributed by atoms with van der Waals surface area (Å²) in [6.45, 7) is 2.00. The van der Waals surface area contributed by atoms with Gasteiger partial charge in [-0.1, -0.05) is 42.5 Å². The fourth-order valence-corrected chi connectivity index (χ4v) is 3.55. The SMILES string of the molecule is Cc1ccccc1-c1nc(C(=O)N=Nc2c(O)[nH]c3ccccc23)cs1. The number of thiazole rings is 1. The lowest BCUT2D eigenvalue weighted by molar-refractivity contribution is 0.0991. The fraction of sp³-hybridized carbons (Fsp3) is 0.0526. The average molecular weight is 362 g/mol. The quantitative estimate of drug-likeness (QED) is 0.489. The highest BCUT2D eigenvalue weighted by atomic mass is 32.1. The van der Waals surface area contributed by atoms with Gasteiger partial charge in [-0.3, -0.25) is 4.79 Å². The van der Waals surface area contributed by atoms with Crippen molar-refractivity contribution in [1.29, 1.82) is 0 Å². The van der Waals surface area contributed by atoms with Crippen molar-refractivity contribution in [3.63, 3.8) is 0 Å². The average Bonchev–Trinajstić information content (AvgIpc) is 3.24. The number of azo groups is 1. The first-order valence-electron chi connectivity index (χ1n) is 7.91. The molecule has 0 radical (unpaired) electrons. The van der Waals surface area contributed by atoms with Gasteiger partial charge in [-0.2, -0.15) is 0 Å². The Bertz CT molecular complexity index is 1140. The largest absolute Gasteiger partial charge is 0.493 e. The van der Waals surface area contributed by atoms with Crippen molar-refractivity contribution in [2.24, 2.45) is 10.2 Å². The molecule has 7 heteroatoms. The van der Waals surface area contributed by atoms with Crippen LogP contribution in [0.3, 0.4) is 0 Å². The minimum atomic E-state index is -0.550. The van der Waals surface area contributed by atoms with Gasteiger partial charge in [-0.15, -0.1) is 21.6 Å². The number of benzene rings is 2. The van der Waals surface area contributed by atoms with Crippen LogP contribution in [0.15, 0.2) is 64.1 Å². The summed E-state index contributed by atoms with van der Waals surface area (Å²) in [5.41, 5.74) is 3.27. The molecule has 0 bridgehead atoms. The Morgan fingerprint density at radius 3 is 2.77 bits per heavy atom. The normalized spacial score (nSPS) is 11.4. The first-order valence-corrected chi connectivity index (χ1v) is 8.79. The molecule has 26 heavy (non-hydrogen) atoms. The third-order valence-electron chi connectivity index (χ3n) is 4.00. The van der Waals surface area contributed by atoms with E-state index in [0.717, 1.165) is 21.7 Å². The number of hydrogen-bond donors (Lipinski definition) is 2. The van der Waals surface area contributed by atoms with E-state index in [4.69, 9.17) is 0 Å². The van der Waals surface area contributed by atoms with E-state index in [0.29, 0.717) is 5.39 Å². The van der Waals surface area contributed by atoms with Crippen LogP contribution in [0.25, 0.3) is 21.5 Å². The van der Waals surface area contributed by atoms with Crippen LogP contribution < -0.4 is 0 Å². The van der Waals surface area contributed by atoms with Crippen molar-refractivity contribution in [2.75, 3.05) is 0 Å². The zero-order valence-electron chi connectivity index (χ0n) is 13.8. The molecule has 4 aromatic rings. The Morgan fingerprint density at radius 2 is 1.92 bits per heavy atom. The van der Waals surface area contributed by atoms with Gasteiger partial charge in [0.25, 0.3) is 0 Å². The highest BCUT2D eigenvalue weighted by molar-refractivity contribution is 7.13. The summed E-state index contributed by atoms with van der Waals surface area (Å²) < 4.78 is 0. The summed E-state index contributed by atoms with van der Waals surface area (Å²) in [4.78, 5) is 19.5. The van der Waals surface area contributed by atoms with Crippen molar-refractivity contribution >= 4 is 33.8 Å². The number of rotatable bonds is 3. The number of aromatic amines is 1. The molecule has 2 N–H and O–H groups in total. The van der Waals surface area contributed by atoms with E-state index in [1.54, 1.807) is 11.4 Å². The van der Waals surface area contributed by atoms with E-state index in [-0.39, 0.29) is 17.3 Å². The van der Waals surface area contributed by atoms with E-state index in [2.05, 4.69) is 20.2 Å². The summed E-state index contributed by atoms with van der Waals surface area (Å²) in [5, 5.41) is 20.7. The predicted octanol–water partition coefficient (Wildman–Crippen LogP) is 5.23. The molecule has 0 unspecified atom stereocenters. The van der Waals surface area contributed by atoms with Gasteiger partial charge in [-0.25, -0.2) is 4.98 Å². The monoisotopic (exact) mass is 362 g/mol. The number of nitrogens with one attached hydrogen (secondary N) is 1. The third kappa shape index (κ3) is 2.89. The molecule has 2 heterocycles. The number of nitrogens with zero attached hydrogens (tertiary/aromatic N) is 3. The van der Waals surface area contributed by atoms with Gasteiger partial charge in [0.05, 0.1) is 5.52 Å². The van der Waals surface area contributed by atoms with Crippen LogP contribution >= 0.6 is 11.3 Å². The molecule has 128 valence electrons. The molecule has 2 aromatic carbocycles. The van der Waals surface area contributed by atoms with Crippen LogP contribution in [0.4, 0.5) is 5.69 Å². The summed E-state index contributed by atoms with van der Waals surface area (Å²) in [5.74, 6) is -0.674. The molecule has 0 fully saturated rings. The van der Waals surface area contributed by atoms with Crippen LogP contribution in [0, 0.1) is 6.92 Å². The van der Waals surface area contributed by atoms with Gasteiger partial charge in [-0.05, 0) is 18.6 Å². The van der Waals surface area contributed by atoms with Gasteiger partial charge in [0.15, 0.2) is 5.69 Å². The van der Waals surface area contributed by atoms with E-state index in [1.165, 1.54) is 11.3 Å².